The summed E-state index contributed by atoms with van der Waals surface area (Å²) in [5.74, 6) is 0.501. The van der Waals surface area contributed by atoms with Gasteiger partial charge < -0.3 is 49.2 Å². The molecule has 6 aromatic rings. The smallest absolute Gasteiger partial charge is 0.255 e. The number of carbonyl (C=O) groups is 4. The summed E-state index contributed by atoms with van der Waals surface area (Å²) >= 11 is 9.43. The van der Waals surface area contributed by atoms with E-state index in [4.69, 9.17) is 40.3 Å². The molecule has 4 atom stereocenters. The molecule has 0 radical (unpaired) electrons. The Balaban J connectivity index is 0.666. The lowest BCUT2D eigenvalue weighted by Gasteiger charge is -2.35. The zero-order valence-corrected chi connectivity index (χ0v) is 48.3. The number of nitrogens with one attached hydrogen (secondary N) is 2. The molecule has 22 heteroatoms. The average Bonchev–Trinajstić information content (AvgIpc) is 4.43. The Labute approximate surface area is 478 Å². The second-order valence-electron chi connectivity index (χ2n) is 20.2. The van der Waals surface area contributed by atoms with Crippen molar-refractivity contribution in [1.82, 2.24) is 40.2 Å². The zero-order valence-electron chi connectivity index (χ0n) is 45.9. The molecule has 6 heterocycles. The third kappa shape index (κ3) is 13.5. The second-order valence-corrected chi connectivity index (χ2v) is 22.7. The lowest BCUT2D eigenvalue weighted by atomic mass is 9.99. The first-order valence-corrected chi connectivity index (χ1v) is 29.0. The van der Waals surface area contributed by atoms with Gasteiger partial charge in [-0.15, -0.1) is 32.9 Å². The number of carbonyl (C=O) groups excluding carboxylic acids is 4. The van der Waals surface area contributed by atoms with Crippen molar-refractivity contribution in [1.29, 1.82) is 0 Å². The molecular formula is C58H68ClN9O10S2. The van der Waals surface area contributed by atoms with Crippen LogP contribution in [0.2, 0.25) is 5.02 Å². The van der Waals surface area contributed by atoms with Gasteiger partial charge >= 0.3 is 0 Å². The second kappa shape index (κ2) is 26.9. The van der Waals surface area contributed by atoms with Gasteiger partial charge in [-0.3, -0.25) is 28.7 Å². The molecule has 3 aliphatic rings. The van der Waals surface area contributed by atoms with Crippen LogP contribution in [0.5, 0.6) is 5.75 Å². The quantitative estimate of drug-likeness (QED) is 0.0461. The average molecular weight is 1150 g/mol. The summed E-state index contributed by atoms with van der Waals surface area (Å²) < 4.78 is 31.2. The zero-order chi connectivity index (χ0) is 56.5. The van der Waals surface area contributed by atoms with Gasteiger partial charge in [0.1, 0.15) is 41.3 Å². The van der Waals surface area contributed by atoms with E-state index in [1.165, 1.54) is 21.1 Å². The lowest BCUT2D eigenvalue weighted by Crippen LogP contribution is -2.55. The number of hydrogen-bond acceptors (Lipinski definition) is 16. The maximum Gasteiger partial charge on any atom is 0.255 e. The van der Waals surface area contributed by atoms with Gasteiger partial charge in [0, 0.05) is 64.8 Å². The van der Waals surface area contributed by atoms with Gasteiger partial charge in [-0.1, -0.05) is 67.9 Å². The highest BCUT2D eigenvalue weighted by molar-refractivity contribution is 7.15. The van der Waals surface area contributed by atoms with Gasteiger partial charge in [0.15, 0.2) is 5.82 Å². The first kappa shape index (κ1) is 58.2. The number of fused-ring (bicyclic) bond motifs is 4. The monoisotopic (exact) mass is 1150 g/mol. The van der Waals surface area contributed by atoms with Crippen molar-refractivity contribution in [3.05, 3.63) is 133 Å². The summed E-state index contributed by atoms with van der Waals surface area (Å²) in [5, 5.41) is 27.2. The van der Waals surface area contributed by atoms with Crippen LogP contribution in [-0.4, -0.2) is 155 Å². The highest BCUT2D eigenvalue weighted by atomic mass is 35.5. The van der Waals surface area contributed by atoms with Crippen molar-refractivity contribution in [2.24, 2.45) is 10.9 Å². The number of benzene rings is 3. The Morgan fingerprint density at radius 3 is 2.23 bits per heavy atom. The number of halogens is 1. The molecule has 19 nitrogen and oxygen atoms in total. The number of β-amino-alcohol motifs (C(OH)–C–C–N with tert-alkyl or cyclic N) is 1. The van der Waals surface area contributed by atoms with Crippen molar-refractivity contribution < 1.29 is 48.0 Å². The van der Waals surface area contributed by atoms with Crippen LogP contribution in [0.4, 0.5) is 0 Å². The van der Waals surface area contributed by atoms with Crippen LogP contribution < -0.4 is 15.4 Å². The number of aliphatic hydroxyl groups is 1. The molecule has 9 rings (SSSR count). The number of aliphatic hydroxyl groups excluding tert-OH is 1. The molecule has 0 saturated carbocycles. The Morgan fingerprint density at radius 2 is 1.54 bits per heavy atom. The number of amides is 4. The van der Waals surface area contributed by atoms with Gasteiger partial charge in [0.05, 0.1) is 87.2 Å². The number of thiazole rings is 1. The van der Waals surface area contributed by atoms with E-state index in [0.717, 1.165) is 54.9 Å². The highest BCUT2D eigenvalue weighted by Gasteiger charge is 2.46. The Kier molecular flexibility index (Phi) is 19.6. The number of hydrogen-bond donors (Lipinski definition) is 3. The molecule has 0 spiro atoms. The predicted octanol–water partition coefficient (Wildman–Crippen LogP) is 7.14. The third-order valence-corrected chi connectivity index (χ3v) is 16.8. The number of rotatable bonds is 26. The van der Waals surface area contributed by atoms with Crippen LogP contribution in [0.15, 0.2) is 77.2 Å². The molecule has 3 aliphatic heterocycles. The van der Waals surface area contributed by atoms with E-state index in [2.05, 4.69) is 39.7 Å². The maximum absolute atomic E-state index is 14.3. The number of thiophene rings is 1. The van der Waals surface area contributed by atoms with Gasteiger partial charge in [-0.05, 0) is 74.6 Å². The minimum absolute atomic E-state index is 0.00909. The maximum atomic E-state index is 14.3. The number of aromatic nitrogens is 4. The number of ether oxygens (including phenoxy) is 5. The molecule has 4 amide bonds. The summed E-state index contributed by atoms with van der Waals surface area (Å²) in [6.45, 7) is 15.5. The van der Waals surface area contributed by atoms with Crippen LogP contribution in [0.1, 0.15) is 93.1 Å². The molecule has 0 aliphatic carbocycles. The number of nitrogens with zero attached hydrogens (tertiary/aromatic N) is 7. The molecule has 3 aromatic carbocycles. The predicted molar refractivity (Wildman–Crippen MR) is 305 cm³/mol. The van der Waals surface area contributed by atoms with E-state index in [1.54, 1.807) is 33.9 Å². The van der Waals surface area contributed by atoms with Gasteiger partial charge in [0.25, 0.3) is 5.91 Å². The first-order valence-electron chi connectivity index (χ1n) is 26.9. The molecule has 1 fully saturated rings. The summed E-state index contributed by atoms with van der Waals surface area (Å²) in [4.78, 5) is 69.7. The van der Waals surface area contributed by atoms with Crippen molar-refractivity contribution >= 4 is 63.6 Å². The van der Waals surface area contributed by atoms with Gasteiger partial charge in [0.2, 0.25) is 17.7 Å². The SMILES string of the molecule is Cc1ncsc1-c1ccc(CNC(=O)[C@@H]2C[C@@H](O)CN2C(=O)C(C(C)C)N2Cc3ccccc3C2=O)c(OCCOCCOCCOCCOCCNC(=O)C[C@@H]2N=C(c3ccc(Cl)cc3)c3c(sc(C)c3C)-n3c(C)nnc32)c1. The Hall–Kier alpha value is -6.43. The molecule has 3 N–H and O–H groups in total. The fraction of sp³-hybridized carbons (Fsp3) is 0.448. The van der Waals surface area contributed by atoms with Crippen LogP contribution >= 0.6 is 34.3 Å². The van der Waals surface area contributed by atoms with Crippen molar-refractivity contribution in [3.8, 4) is 21.2 Å². The minimum atomic E-state index is -0.921. The summed E-state index contributed by atoms with van der Waals surface area (Å²) in [6.07, 6.45) is -0.729. The molecule has 0 bridgehead atoms. The normalized spacial score (nSPS) is 17.0. The van der Waals surface area contributed by atoms with Crippen LogP contribution in [0.25, 0.3) is 15.4 Å². The largest absolute Gasteiger partial charge is 0.491 e. The molecular weight excluding hydrogens is 1080 g/mol. The van der Waals surface area contributed by atoms with Crippen LogP contribution in [-0.2, 0) is 46.4 Å². The van der Waals surface area contributed by atoms with Crippen LogP contribution in [0.3, 0.4) is 0 Å². The van der Waals surface area contributed by atoms with Gasteiger partial charge in [-0.25, -0.2) is 4.98 Å². The summed E-state index contributed by atoms with van der Waals surface area (Å²) in [6, 6.07) is 18.4. The lowest BCUT2D eigenvalue weighted by molar-refractivity contribution is -0.143. The van der Waals surface area contributed by atoms with Gasteiger partial charge in [-0.2, -0.15) is 0 Å². The number of aliphatic imine (C=N–C) groups is 1. The summed E-state index contributed by atoms with van der Waals surface area (Å²) in [5.41, 5.74) is 9.57. The minimum Gasteiger partial charge on any atom is -0.491 e. The number of likely N-dealkylation sites (tertiary alicyclic amines) is 1. The molecule has 1 saturated heterocycles. The summed E-state index contributed by atoms with van der Waals surface area (Å²) in [7, 11) is 0. The Bertz CT molecular complexity index is 3200. The van der Waals surface area contributed by atoms with E-state index in [0.29, 0.717) is 87.1 Å². The van der Waals surface area contributed by atoms with Crippen molar-refractivity contribution in [2.75, 3.05) is 72.6 Å². The van der Waals surface area contributed by atoms with E-state index in [1.807, 2.05) is 86.9 Å². The first-order chi connectivity index (χ1) is 38.7. The van der Waals surface area contributed by atoms with E-state index < -0.39 is 30.1 Å². The molecule has 424 valence electrons. The molecule has 1 unspecified atom stereocenters. The Morgan fingerprint density at radius 1 is 0.850 bits per heavy atom. The van der Waals surface area contributed by atoms with E-state index in [-0.39, 0.29) is 62.8 Å². The van der Waals surface area contributed by atoms with Crippen molar-refractivity contribution in [2.45, 2.75) is 91.7 Å². The third-order valence-electron chi connectivity index (χ3n) is 14.4. The van der Waals surface area contributed by atoms with Crippen molar-refractivity contribution in [3.63, 3.8) is 0 Å². The molecule has 3 aromatic heterocycles. The fourth-order valence-corrected chi connectivity index (χ4v) is 12.4. The highest BCUT2D eigenvalue weighted by Crippen LogP contribution is 2.40. The standard InChI is InChI=1S/C58H68ClN9O10S2/c1-34(2)52(67-31-42-9-7-8-10-45(42)56(67)72)57(73)66-32-44(69)28-47(66)55(71)61-30-41-12-11-40(53-36(4)62-33-79-53)27-48(41)78-26-25-77-24-23-76-22-21-75-20-19-74-18-17-60-49(70)29-46-54-65-64-38(6)68(54)58-50(35(3)37(5)80-58)51(63-46)39-13-15-43(59)16-14-39/h7-16,27,33-34,44,46-47,52,69H,17-26,28-32H2,1-6H3,(H,60,70)(H,61,71)/t44-,46+,47+,52?/m1/s1. The van der Waals surface area contributed by atoms with E-state index in [9.17, 15) is 24.3 Å². The van der Waals surface area contributed by atoms with Crippen LogP contribution in [0, 0.1) is 33.6 Å². The fourth-order valence-electron chi connectivity index (χ4n) is 10.2. The van der Waals surface area contributed by atoms with E-state index >= 15 is 0 Å². The molecule has 80 heavy (non-hydrogen) atoms. The topological polar surface area (TPSA) is 221 Å². The number of aryl methyl sites for hydroxylation is 3.